The molecule has 4 rings (SSSR count). The average molecular weight is 413 g/mol. The Balaban J connectivity index is 1.36. The van der Waals surface area contributed by atoms with Gasteiger partial charge in [0, 0.05) is 10.9 Å². The minimum Gasteiger partial charge on any atom is -0.339 e. The molecule has 0 spiro atoms. The molecule has 1 saturated heterocycles. The van der Waals surface area contributed by atoms with Gasteiger partial charge in [-0.1, -0.05) is 24.3 Å². The van der Waals surface area contributed by atoms with Crippen LogP contribution in [0.3, 0.4) is 0 Å². The number of nitrogens with one attached hydrogen (secondary N) is 3. The van der Waals surface area contributed by atoms with Gasteiger partial charge < -0.3 is 10.2 Å². The molecule has 3 heterocycles. The lowest BCUT2D eigenvalue weighted by molar-refractivity contribution is -0.892. The first-order chi connectivity index (χ1) is 14.2. The van der Waals surface area contributed by atoms with Gasteiger partial charge in [-0.05, 0) is 35.2 Å². The highest BCUT2D eigenvalue weighted by Gasteiger charge is 2.28. The average Bonchev–Trinajstić information content (AvgIpc) is 3.29. The van der Waals surface area contributed by atoms with Crippen molar-refractivity contribution in [1.29, 1.82) is 0 Å². The van der Waals surface area contributed by atoms with E-state index in [0.29, 0.717) is 6.54 Å². The molecule has 0 saturated carbocycles. The summed E-state index contributed by atoms with van der Waals surface area (Å²) in [6.07, 6.45) is 1.93. The van der Waals surface area contributed by atoms with E-state index in [-0.39, 0.29) is 17.8 Å². The first-order valence-corrected chi connectivity index (χ1v) is 10.7. The summed E-state index contributed by atoms with van der Waals surface area (Å²) in [5.74, 6) is 0.857. The Kier molecular flexibility index (Phi) is 6.17. The second-order valence-electron chi connectivity index (χ2n) is 7.23. The zero-order valence-electron chi connectivity index (χ0n) is 16.1. The van der Waals surface area contributed by atoms with Crippen LogP contribution in [-0.2, 0) is 4.79 Å². The number of pyridine rings is 1. The number of H-pyrrole nitrogens is 1. The first-order valence-electron chi connectivity index (χ1n) is 9.82. The molecule has 3 N–H and O–H groups in total. The fourth-order valence-corrected chi connectivity index (χ4v) is 4.49. The van der Waals surface area contributed by atoms with Crippen LogP contribution < -0.4 is 20.1 Å². The third-order valence-electron chi connectivity index (χ3n) is 5.25. The lowest BCUT2D eigenvalue weighted by Crippen LogP contribution is -3.16. The summed E-state index contributed by atoms with van der Waals surface area (Å²) in [6, 6.07) is 16.1. The zero-order valence-corrected chi connectivity index (χ0v) is 16.9. The van der Waals surface area contributed by atoms with Crippen LogP contribution in [0.25, 0.3) is 0 Å². The van der Waals surface area contributed by atoms with Crippen molar-refractivity contribution in [1.82, 2.24) is 5.32 Å². The fraction of sp³-hybridized carbons (Fsp3) is 0.273. The van der Waals surface area contributed by atoms with E-state index in [4.69, 9.17) is 0 Å². The number of aromatic amines is 1. The molecule has 7 heteroatoms. The number of amides is 1. The summed E-state index contributed by atoms with van der Waals surface area (Å²) in [5.41, 5.74) is 0.890. The highest BCUT2D eigenvalue weighted by Crippen LogP contribution is 2.26. The number of carbonyl (C=O) groups excluding carboxylic acids is 1. The van der Waals surface area contributed by atoms with Crippen molar-refractivity contribution >= 4 is 23.1 Å². The predicted octanol–water partition coefficient (Wildman–Crippen LogP) is 1.31. The zero-order chi connectivity index (χ0) is 20.1. The van der Waals surface area contributed by atoms with E-state index in [1.807, 2.05) is 35.8 Å². The van der Waals surface area contributed by atoms with E-state index in [1.54, 1.807) is 23.5 Å². The van der Waals surface area contributed by atoms with E-state index in [9.17, 15) is 9.18 Å². The third kappa shape index (κ3) is 4.99. The quantitative estimate of drug-likeness (QED) is 0.642. The van der Waals surface area contributed by atoms with Crippen molar-refractivity contribution in [3.63, 3.8) is 0 Å². The highest BCUT2D eigenvalue weighted by atomic mass is 32.1. The second-order valence-corrected chi connectivity index (χ2v) is 8.21. The van der Waals surface area contributed by atoms with Crippen LogP contribution in [0.5, 0.6) is 0 Å². The number of carbonyl (C=O) groups is 1. The molecule has 0 unspecified atom stereocenters. The molecule has 1 aliphatic rings. The van der Waals surface area contributed by atoms with Gasteiger partial charge in [0.2, 0.25) is 0 Å². The largest absolute Gasteiger partial charge is 0.339 e. The van der Waals surface area contributed by atoms with Gasteiger partial charge in [0.15, 0.2) is 6.54 Å². The number of hydrogen-bond acceptors (Lipinski definition) is 3. The molecule has 2 aromatic heterocycles. The monoisotopic (exact) mass is 412 g/mol. The van der Waals surface area contributed by atoms with E-state index in [2.05, 4.69) is 21.3 Å². The molecule has 150 valence electrons. The van der Waals surface area contributed by atoms with Gasteiger partial charge in [-0.3, -0.25) is 9.69 Å². The molecule has 1 atom stereocenters. The van der Waals surface area contributed by atoms with E-state index in [0.717, 1.165) is 42.4 Å². The molecule has 3 aromatic rings. The van der Waals surface area contributed by atoms with Crippen LogP contribution in [0.2, 0.25) is 0 Å². The lowest BCUT2D eigenvalue weighted by Gasteiger charge is -2.28. The van der Waals surface area contributed by atoms with Crippen LogP contribution in [0, 0.1) is 5.82 Å². The maximum Gasteiger partial charge on any atom is 0.275 e. The van der Waals surface area contributed by atoms with Crippen molar-refractivity contribution in [3.05, 3.63) is 82.4 Å². The fourth-order valence-electron chi connectivity index (χ4n) is 3.69. The number of halogens is 1. The minimum absolute atomic E-state index is 0.0162. The molecule has 1 aromatic carbocycles. The Labute approximate surface area is 173 Å². The molecule has 1 fully saturated rings. The maximum atomic E-state index is 13.3. The second kappa shape index (κ2) is 9.15. The van der Waals surface area contributed by atoms with E-state index < -0.39 is 0 Å². The third-order valence-corrected chi connectivity index (χ3v) is 6.19. The number of nitrogens with zero attached hydrogens (tertiary/aromatic N) is 1. The molecular formula is C22H25FN4OS+2. The molecule has 1 aliphatic heterocycles. The summed E-state index contributed by atoms with van der Waals surface area (Å²) < 4.78 is 13.3. The molecule has 1 amide bonds. The summed E-state index contributed by atoms with van der Waals surface area (Å²) in [5, 5.41) is 5.14. The van der Waals surface area contributed by atoms with Gasteiger partial charge in [0.25, 0.3) is 11.7 Å². The Bertz CT molecular complexity index is 910. The highest BCUT2D eigenvalue weighted by molar-refractivity contribution is 7.10. The molecule has 5 nitrogen and oxygen atoms in total. The van der Waals surface area contributed by atoms with Crippen molar-refractivity contribution in [3.8, 4) is 0 Å². The van der Waals surface area contributed by atoms with E-state index in [1.165, 1.54) is 17.0 Å². The standard InChI is InChI=1S/C22H23FN4OS/c23-18-8-6-17(7-9-18)22(19-4-3-15-29-19)25-21(28)16-26-11-13-27(14-12-26)20-5-1-2-10-24-20/h1-10,15,22H,11-14,16H2,(H,25,28)/p+2/t22-/m0/s1. The van der Waals surface area contributed by atoms with Gasteiger partial charge >= 0.3 is 0 Å². The van der Waals surface area contributed by atoms with Gasteiger partial charge in [-0.25, -0.2) is 9.37 Å². The Morgan fingerprint density at radius 1 is 1.14 bits per heavy atom. The molecule has 0 bridgehead atoms. The van der Waals surface area contributed by atoms with Gasteiger partial charge in [0.1, 0.15) is 32.0 Å². The minimum atomic E-state index is -0.275. The van der Waals surface area contributed by atoms with Gasteiger partial charge in [0.05, 0.1) is 12.2 Å². The summed E-state index contributed by atoms with van der Waals surface area (Å²) in [7, 11) is 0. The number of aromatic nitrogens is 1. The SMILES string of the molecule is O=C(C[NH+]1CCN(c2cccc[nH+]2)CC1)N[C@@H](c1ccc(F)cc1)c1cccs1. The maximum absolute atomic E-state index is 13.3. The normalized spacial score (nSPS) is 15.8. The molecule has 0 radical (unpaired) electrons. The van der Waals surface area contributed by atoms with Crippen LogP contribution in [0.4, 0.5) is 10.2 Å². The lowest BCUT2D eigenvalue weighted by atomic mass is 10.1. The summed E-state index contributed by atoms with van der Waals surface area (Å²) >= 11 is 1.59. The van der Waals surface area contributed by atoms with Crippen molar-refractivity contribution < 1.29 is 19.1 Å². The van der Waals surface area contributed by atoms with Crippen molar-refractivity contribution in [2.24, 2.45) is 0 Å². The number of thiophene rings is 1. The smallest absolute Gasteiger partial charge is 0.275 e. The molecule has 0 aliphatic carbocycles. The number of rotatable bonds is 6. The van der Waals surface area contributed by atoms with Crippen LogP contribution in [0.15, 0.2) is 66.2 Å². The van der Waals surface area contributed by atoms with Gasteiger partial charge in [-0.2, -0.15) is 0 Å². The van der Waals surface area contributed by atoms with Gasteiger partial charge in [-0.15, -0.1) is 11.3 Å². The number of benzene rings is 1. The number of hydrogen-bond donors (Lipinski definition) is 2. The topological polar surface area (TPSA) is 50.9 Å². The number of quaternary nitrogens is 1. The first kappa shape index (κ1) is 19.5. The molecule has 29 heavy (non-hydrogen) atoms. The Morgan fingerprint density at radius 2 is 1.93 bits per heavy atom. The van der Waals surface area contributed by atoms with Crippen molar-refractivity contribution in [2.45, 2.75) is 6.04 Å². The van der Waals surface area contributed by atoms with Crippen LogP contribution in [-0.4, -0.2) is 38.6 Å². The van der Waals surface area contributed by atoms with E-state index >= 15 is 0 Å². The number of anilines is 1. The summed E-state index contributed by atoms with van der Waals surface area (Å²) in [4.78, 5) is 20.7. The number of piperazine rings is 1. The van der Waals surface area contributed by atoms with Crippen molar-refractivity contribution in [2.75, 3.05) is 37.6 Å². The van der Waals surface area contributed by atoms with Crippen LogP contribution in [0.1, 0.15) is 16.5 Å². The van der Waals surface area contributed by atoms with Crippen LogP contribution >= 0.6 is 11.3 Å². The summed E-state index contributed by atoms with van der Waals surface area (Å²) in [6.45, 7) is 4.09. The Hall–Kier alpha value is -2.77. The Morgan fingerprint density at radius 3 is 2.59 bits per heavy atom. The predicted molar refractivity (Wildman–Crippen MR) is 111 cm³/mol. The molecular weight excluding hydrogens is 387 g/mol.